The molecule has 0 atom stereocenters. The predicted molar refractivity (Wildman–Crippen MR) is 133 cm³/mol. The quantitative estimate of drug-likeness (QED) is 0.342. The molecule has 2 amide bonds. The summed E-state index contributed by atoms with van der Waals surface area (Å²) in [4.78, 5) is 25.4. The number of hydrogen-bond acceptors (Lipinski definition) is 6. The Bertz CT molecular complexity index is 1460. The summed E-state index contributed by atoms with van der Waals surface area (Å²) in [5.74, 6) is -0.137. The van der Waals surface area contributed by atoms with Crippen LogP contribution in [0.3, 0.4) is 0 Å². The minimum Gasteiger partial charge on any atom is -0.421 e. The van der Waals surface area contributed by atoms with E-state index in [1.54, 1.807) is 10.9 Å². The lowest BCUT2D eigenvalue weighted by atomic mass is 10.1. The number of benzene rings is 3. The van der Waals surface area contributed by atoms with Gasteiger partial charge in [-0.05, 0) is 24.3 Å². The van der Waals surface area contributed by atoms with Crippen LogP contribution >= 0.6 is 0 Å². The molecule has 0 spiro atoms. The molecule has 0 aliphatic carbocycles. The SMILES string of the molecule is O=C(CCc1nnc(-c2ccccc2)o1)NNC(=O)c1cn(-c2ccccc2)nc1-c1ccccc1. The standard InChI is InChI=1S/C27H22N6O3/c34-23(16-17-24-29-31-27(36-24)20-12-6-2-7-13-20)28-30-26(35)22-18-33(21-14-8-3-9-15-21)32-25(22)19-10-4-1-5-11-19/h1-15,18H,16-17H2,(H,28,34)(H,30,35). The number of hydrogen-bond donors (Lipinski definition) is 2. The van der Waals surface area contributed by atoms with E-state index in [2.05, 4.69) is 26.1 Å². The number of aromatic nitrogens is 4. The van der Waals surface area contributed by atoms with Crippen molar-refractivity contribution in [2.45, 2.75) is 12.8 Å². The molecule has 0 radical (unpaired) electrons. The van der Waals surface area contributed by atoms with Gasteiger partial charge in [-0.2, -0.15) is 5.10 Å². The number of carbonyl (C=O) groups excluding carboxylic acids is 2. The summed E-state index contributed by atoms with van der Waals surface area (Å²) < 4.78 is 7.26. The molecule has 5 aromatic rings. The maximum atomic E-state index is 13.0. The van der Waals surface area contributed by atoms with Crippen LogP contribution < -0.4 is 10.9 Å². The van der Waals surface area contributed by atoms with E-state index in [4.69, 9.17) is 4.42 Å². The minimum atomic E-state index is -0.478. The van der Waals surface area contributed by atoms with E-state index in [1.807, 2.05) is 91.0 Å². The fraction of sp³-hybridized carbons (Fsp3) is 0.0741. The van der Waals surface area contributed by atoms with Crippen LogP contribution in [0.15, 0.2) is 102 Å². The van der Waals surface area contributed by atoms with E-state index < -0.39 is 5.91 Å². The molecule has 0 unspecified atom stereocenters. The zero-order chi connectivity index (χ0) is 24.7. The lowest BCUT2D eigenvalue weighted by Crippen LogP contribution is -2.41. The molecule has 9 nitrogen and oxygen atoms in total. The van der Waals surface area contributed by atoms with E-state index in [0.29, 0.717) is 23.0 Å². The van der Waals surface area contributed by atoms with Crippen molar-refractivity contribution in [2.75, 3.05) is 0 Å². The summed E-state index contributed by atoms with van der Waals surface area (Å²) in [6, 6.07) is 28.3. The monoisotopic (exact) mass is 478 g/mol. The summed E-state index contributed by atoms with van der Waals surface area (Å²) in [5.41, 5.74) is 8.17. The minimum absolute atomic E-state index is 0.0610. The van der Waals surface area contributed by atoms with Gasteiger partial charge in [-0.1, -0.05) is 66.7 Å². The second kappa shape index (κ2) is 10.5. The van der Waals surface area contributed by atoms with Gasteiger partial charge < -0.3 is 4.42 Å². The Kier molecular flexibility index (Phi) is 6.61. The van der Waals surface area contributed by atoms with Gasteiger partial charge in [0.05, 0.1) is 11.3 Å². The van der Waals surface area contributed by atoms with E-state index in [9.17, 15) is 9.59 Å². The number of nitrogens with zero attached hydrogens (tertiary/aromatic N) is 4. The van der Waals surface area contributed by atoms with Crippen molar-refractivity contribution < 1.29 is 14.0 Å². The molecule has 0 aliphatic rings. The van der Waals surface area contributed by atoms with Gasteiger partial charge in [-0.3, -0.25) is 20.4 Å². The van der Waals surface area contributed by atoms with Crippen molar-refractivity contribution in [1.29, 1.82) is 0 Å². The highest BCUT2D eigenvalue weighted by atomic mass is 16.4. The third kappa shape index (κ3) is 5.20. The highest BCUT2D eigenvalue weighted by Gasteiger charge is 2.19. The molecule has 9 heteroatoms. The van der Waals surface area contributed by atoms with E-state index in [-0.39, 0.29) is 18.7 Å². The Hall–Kier alpha value is -5.05. The van der Waals surface area contributed by atoms with Gasteiger partial charge in [0.2, 0.25) is 17.7 Å². The number of carbonyl (C=O) groups is 2. The lowest BCUT2D eigenvalue weighted by Gasteiger charge is -2.07. The normalized spacial score (nSPS) is 10.7. The van der Waals surface area contributed by atoms with Crippen LogP contribution in [-0.2, 0) is 11.2 Å². The van der Waals surface area contributed by atoms with Crippen molar-refractivity contribution in [3.63, 3.8) is 0 Å². The molecular weight excluding hydrogens is 456 g/mol. The summed E-state index contributed by atoms with van der Waals surface area (Å²) >= 11 is 0. The highest BCUT2D eigenvalue weighted by molar-refractivity contribution is 6.00. The number of para-hydroxylation sites is 1. The molecule has 0 saturated heterocycles. The first-order valence-electron chi connectivity index (χ1n) is 11.3. The van der Waals surface area contributed by atoms with Crippen molar-refractivity contribution in [3.05, 3.63) is 109 Å². The lowest BCUT2D eigenvalue weighted by molar-refractivity contribution is -0.121. The molecule has 0 fully saturated rings. The topological polar surface area (TPSA) is 115 Å². The number of aryl methyl sites for hydroxylation is 1. The number of rotatable bonds is 7. The van der Waals surface area contributed by atoms with Gasteiger partial charge >= 0.3 is 0 Å². The Morgan fingerprint density at radius 2 is 1.42 bits per heavy atom. The first-order valence-corrected chi connectivity index (χ1v) is 11.3. The Morgan fingerprint density at radius 1 is 0.778 bits per heavy atom. The van der Waals surface area contributed by atoms with Crippen molar-refractivity contribution in [2.24, 2.45) is 0 Å². The maximum Gasteiger partial charge on any atom is 0.273 e. The van der Waals surface area contributed by atoms with Gasteiger partial charge in [0.15, 0.2) is 0 Å². The number of hydrazine groups is 1. The van der Waals surface area contributed by atoms with Gasteiger partial charge in [0.25, 0.3) is 5.91 Å². The molecule has 5 rings (SSSR count). The van der Waals surface area contributed by atoms with E-state index in [0.717, 1.165) is 16.8 Å². The molecule has 2 N–H and O–H groups in total. The van der Waals surface area contributed by atoms with Crippen LogP contribution in [-0.4, -0.2) is 31.8 Å². The Morgan fingerprint density at radius 3 is 2.11 bits per heavy atom. The summed E-state index contributed by atoms with van der Waals surface area (Å²) in [6.07, 6.45) is 1.94. The second-order valence-corrected chi connectivity index (χ2v) is 7.91. The molecule has 178 valence electrons. The van der Waals surface area contributed by atoms with Crippen LogP contribution in [0.4, 0.5) is 0 Å². The number of amides is 2. The van der Waals surface area contributed by atoms with Crippen molar-refractivity contribution >= 4 is 11.8 Å². The molecule has 0 saturated carbocycles. The second-order valence-electron chi connectivity index (χ2n) is 7.91. The summed E-state index contributed by atoms with van der Waals surface area (Å²) in [5, 5.41) is 12.6. The first-order chi connectivity index (χ1) is 17.7. The molecule has 2 heterocycles. The predicted octanol–water partition coefficient (Wildman–Crippen LogP) is 3.98. The molecule has 36 heavy (non-hydrogen) atoms. The third-order valence-electron chi connectivity index (χ3n) is 5.40. The van der Waals surface area contributed by atoms with Crippen molar-refractivity contribution in [1.82, 2.24) is 30.8 Å². The van der Waals surface area contributed by atoms with E-state index in [1.165, 1.54) is 0 Å². The van der Waals surface area contributed by atoms with Gasteiger partial charge in [0, 0.05) is 30.2 Å². The fourth-order valence-corrected chi connectivity index (χ4v) is 3.59. The van der Waals surface area contributed by atoms with Crippen LogP contribution in [0, 0.1) is 0 Å². The van der Waals surface area contributed by atoms with Crippen LogP contribution in [0.2, 0.25) is 0 Å². The average molecular weight is 479 g/mol. The van der Waals surface area contributed by atoms with Crippen LogP contribution in [0.5, 0.6) is 0 Å². The van der Waals surface area contributed by atoms with Crippen molar-refractivity contribution in [3.8, 4) is 28.4 Å². The smallest absolute Gasteiger partial charge is 0.273 e. The Balaban J connectivity index is 1.24. The summed E-state index contributed by atoms with van der Waals surface area (Å²) in [6.45, 7) is 0. The van der Waals surface area contributed by atoms with Crippen LogP contribution in [0.25, 0.3) is 28.4 Å². The molecule has 3 aromatic carbocycles. The fourth-order valence-electron chi connectivity index (χ4n) is 3.59. The van der Waals surface area contributed by atoms with Gasteiger partial charge in [-0.15, -0.1) is 10.2 Å². The Labute approximate surface area is 206 Å². The first kappa shape index (κ1) is 22.7. The zero-order valence-corrected chi connectivity index (χ0v) is 19.2. The molecular formula is C27H22N6O3. The highest BCUT2D eigenvalue weighted by Crippen LogP contribution is 2.23. The molecule has 0 bridgehead atoms. The van der Waals surface area contributed by atoms with Gasteiger partial charge in [-0.25, -0.2) is 4.68 Å². The molecule has 0 aliphatic heterocycles. The largest absolute Gasteiger partial charge is 0.421 e. The average Bonchev–Trinajstić information content (AvgIpc) is 3.60. The summed E-state index contributed by atoms with van der Waals surface area (Å²) in [7, 11) is 0. The molecule has 2 aromatic heterocycles. The maximum absolute atomic E-state index is 13.0. The zero-order valence-electron chi connectivity index (χ0n) is 19.2. The third-order valence-corrected chi connectivity index (χ3v) is 5.40. The van der Waals surface area contributed by atoms with Gasteiger partial charge in [0.1, 0.15) is 5.69 Å². The number of nitrogens with one attached hydrogen (secondary N) is 2. The van der Waals surface area contributed by atoms with E-state index >= 15 is 0 Å². The van der Waals surface area contributed by atoms with Crippen LogP contribution in [0.1, 0.15) is 22.7 Å².